The van der Waals surface area contributed by atoms with Crippen LogP contribution < -0.4 is 0 Å². The average molecular weight is 928 g/mol. The molecule has 5 nitrogen and oxygen atoms in total. The Morgan fingerprint density at radius 3 is 2.14 bits per heavy atom. The van der Waals surface area contributed by atoms with Gasteiger partial charge in [0.15, 0.2) is 0 Å². The molecule has 1 saturated carbocycles. The predicted octanol–water partition coefficient (Wildman–Crippen LogP) is 14.3. The summed E-state index contributed by atoms with van der Waals surface area (Å²) < 4.78 is 25.3. The highest BCUT2D eigenvalue weighted by Crippen LogP contribution is 2.98. The Bertz CT molecular complexity index is 816. The molecule has 1 aliphatic carbocycles. The third-order valence-corrected chi connectivity index (χ3v) is 50.5. The van der Waals surface area contributed by atoms with Gasteiger partial charge in [0.1, 0.15) is 7.53 Å². The maximum absolute atomic E-state index is 11.8. The van der Waals surface area contributed by atoms with E-state index < -0.39 is 22.6 Å². The molecule has 260 valence electrons. The van der Waals surface area contributed by atoms with E-state index in [1.807, 2.05) is 0 Å². The summed E-state index contributed by atoms with van der Waals surface area (Å²) >= 11 is 0. The van der Waals surface area contributed by atoms with Crippen LogP contribution in [0, 0.1) is 17.3 Å². The first-order valence-corrected chi connectivity index (χ1v) is 41.5. The van der Waals surface area contributed by atoms with Crippen molar-refractivity contribution in [3.63, 3.8) is 0 Å². The molecular formula is C22H57O5P17. The fourth-order valence-corrected chi connectivity index (χ4v) is 59.1. The van der Waals surface area contributed by atoms with Crippen molar-refractivity contribution in [3.05, 3.63) is 12.2 Å². The van der Waals surface area contributed by atoms with Crippen LogP contribution >= 0.6 is 141 Å². The lowest BCUT2D eigenvalue weighted by Gasteiger charge is -2.38. The Balaban J connectivity index is 3.03. The van der Waals surface area contributed by atoms with Crippen molar-refractivity contribution in [2.75, 3.05) is 0 Å². The number of hydrogen-bond donors (Lipinski definition) is 0. The van der Waals surface area contributed by atoms with Crippen molar-refractivity contribution in [2.45, 2.75) is 103 Å². The molecule has 0 aromatic carbocycles. The number of hydrogen-bond acceptors (Lipinski definition) is 5. The first kappa shape index (κ1) is 48.4. The third kappa shape index (κ3) is 19.1. The van der Waals surface area contributed by atoms with Crippen LogP contribution in [-0.4, -0.2) is 24.3 Å². The first-order chi connectivity index (χ1) is 20.7. The Morgan fingerprint density at radius 2 is 1.61 bits per heavy atom. The summed E-state index contributed by atoms with van der Waals surface area (Å²) in [5.74, 6) is 0.737. The van der Waals surface area contributed by atoms with Crippen LogP contribution in [0.25, 0.3) is 0 Å². The molecule has 0 heterocycles. The van der Waals surface area contributed by atoms with Gasteiger partial charge in [0.05, 0.1) is 33.4 Å². The van der Waals surface area contributed by atoms with Crippen LogP contribution in [0.5, 0.6) is 0 Å². The SMILES string of the molecule is CCC(C)(C)C(CC[C@H]1C(OP)CC(OP(P(P)P)P(P)P)C1C/C=C\CCCCCC(=O)OP(P)P)OP(PP)P(P)P. The normalized spacial score (nSPS) is 23.0. The summed E-state index contributed by atoms with van der Waals surface area (Å²) in [4.78, 5) is 11.8. The molecule has 0 bridgehead atoms. The second kappa shape index (κ2) is 27.1. The monoisotopic (exact) mass is 928 g/mol. The van der Waals surface area contributed by atoms with Gasteiger partial charge in [-0.15, -0.1) is 62.5 Å². The molecule has 0 amide bonds. The summed E-state index contributed by atoms with van der Waals surface area (Å²) in [5, 5.41) is 0. The fourth-order valence-electron chi connectivity index (χ4n) is 5.16. The molecule has 17 atom stereocenters. The van der Waals surface area contributed by atoms with Crippen LogP contribution in [0.4, 0.5) is 0 Å². The Morgan fingerprint density at radius 1 is 0.955 bits per heavy atom. The largest absolute Gasteiger partial charge is 0.437 e. The summed E-state index contributed by atoms with van der Waals surface area (Å²) in [6.45, 7) is 6.14. The smallest absolute Gasteiger partial charge is 0.309 e. The fraction of sp³-hybridized carbons (Fsp3) is 0.864. The van der Waals surface area contributed by atoms with Gasteiger partial charge >= 0.3 is 5.97 Å². The van der Waals surface area contributed by atoms with Gasteiger partial charge < -0.3 is 18.1 Å². The van der Waals surface area contributed by atoms with Crippen molar-refractivity contribution in [2.24, 2.45) is 17.3 Å². The van der Waals surface area contributed by atoms with Gasteiger partial charge in [-0.1, -0.05) is 57.2 Å². The molecule has 0 aromatic rings. The topological polar surface area (TPSA) is 54.0 Å². The first-order valence-electron chi connectivity index (χ1n) is 14.5. The standard InChI is InChI=1S/C22H57O5P17/c1-4-22(2,3)20(26-40(38-29)42(32)33)14-13-17-16(11-9-7-5-6-8-10-12-21(23)27-39(30)31)19(15-18(17)24-28)25-41(43(34)35)44(36)37/h7,9,16-20,38H,4-6,8,10-15,28-37H2,1-3H3/b9-7-/t16?,17-,18?,19?,20?,40?/m1/s1. The van der Waals surface area contributed by atoms with E-state index in [4.69, 9.17) is 18.1 Å². The van der Waals surface area contributed by atoms with Crippen LogP contribution in [0.1, 0.15) is 85.0 Å². The molecule has 0 N–H and O–H groups in total. The Kier molecular flexibility index (Phi) is 29.8. The van der Waals surface area contributed by atoms with E-state index in [9.17, 15) is 4.79 Å². The summed E-state index contributed by atoms with van der Waals surface area (Å²) in [6, 6.07) is 0. The second-order valence-corrected chi connectivity index (χ2v) is 58.4. The number of carbonyl (C=O) groups is 1. The number of carbonyl (C=O) groups excluding carboxylic acids is 1. The zero-order valence-electron chi connectivity index (χ0n) is 26.1. The molecule has 0 radical (unpaired) electrons. The van der Waals surface area contributed by atoms with Gasteiger partial charge in [-0.2, -0.15) is 0 Å². The lowest BCUT2D eigenvalue weighted by Crippen LogP contribution is -2.32. The van der Waals surface area contributed by atoms with E-state index in [0.29, 0.717) is 18.3 Å². The van der Waals surface area contributed by atoms with E-state index in [0.717, 1.165) is 65.7 Å². The number of unbranched alkanes of at least 4 members (excludes halogenated alkanes) is 3. The maximum Gasteiger partial charge on any atom is 0.309 e. The molecule has 0 aliphatic heterocycles. The van der Waals surface area contributed by atoms with Gasteiger partial charge in [-0.25, -0.2) is 0 Å². The predicted molar refractivity (Wildman–Crippen MR) is 249 cm³/mol. The van der Waals surface area contributed by atoms with Crippen LogP contribution in [0.2, 0.25) is 0 Å². The molecule has 1 aliphatic rings. The summed E-state index contributed by atoms with van der Waals surface area (Å²) in [7, 11) is 27.6. The average Bonchev–Trinajstić information content (AvgIpc) is 3.27. The number of allylic oxidation sites excluding steroid dienone is 2. The third-order valence-electron chi connectivity index (χ3n) is 7.90. The zero-order chi connectivity index (χ0) is 33.4. The van der Waals surface area contributed by atoms with Crippen molar-refractivity contribution in [1.82, 2.24) is 0 Å². The van der Waals surface area contributed by atoms with E-state index >= 15 is 0 Å². The Hall–Kier alpha value is 6.40. The number of rotatable bonds is 23. The van der Waals surface area contributed by atoms with E-state index in [-0.39, 0.29) is 50.7 Å². The molecule has 16 unspecified atom stereocenters. The van der Waals surface area contributed by atoms with E-state index in [2.05, 4.69) is 123 Å². The molecule has 22 heteroatoms. The van der Waals surface area contributed by atoms with E-state index in [1.54, 1.807) is 0 Å². The highest BCUT2D eigenvalue weighted by molar-refractivity contribution is 8.96. The second-order valence-electron chi connectivity index (χ2n) is 11.3. The van der Waals surface area contributed by atoms with Crippen LogP contribution in [0.3, 0.4) is 0 Å². The highest BCUT2D eigenvalue weighted by atomic mass is 33.0. The van der Waals surface area contributed by atoms with Crippen molar-refractivity contribution in [1.29, 1.82) is 0 Å². The molecule has 1 rings (SSSR count). The summed E-state index contributed by atoms with van der Waals surface area (Å²) in [5.41, 5.74) is 0.120. The molecule has 0 saturated heterocycles. The molecule has 0 spiro atoms. The van der Waals surface area contributed by atoms with Crippen molar-refractivity contribution >= 4 is 147 Å². The minimum absolute atomic E-state index is 0.0939. The van der Waals surface area contributed by atoms with Crippen LogP contribution in [0.15, 0.2) is 12.2 Å². The van der Waals surface area contributed by atoms with Gasteiger partial charge in [-0.05, 0) is 91.1 Å². The van der Waals surface area contributed by atoms with Crippen molar-refractivity contribution < 1.29 is 22.9 Å². The van der Waals surface area contributed by atoms with E-state index in [1.165, 1.54) is 0 Å². The van der Waals surface area contributed by atoms with Gasteiger partial charge in [0.25, 0.3) is 0 Å². The lowest BCUT2D eigenvalue weighted by molar-refractivity contribution is -0.133. The minimum atomic E-state index is -0.781. The maximum atomic E-state index is 11.8. The molecule has 44 heavy (non-hydrogen) atoms. The Labute approximate surface area is 301 Å². The van der Waals surface area contributed by atoms with Gasteiger partial charge in [0.2, 0.25) is 0 Å². The van der Waals surface area contributed by atoms with Crippen molar-refractivity contribution in [3.8, 4) is 0 Å². The summed E-state index contributed by atoms with van der Waals surface area (Å²) in [6.07, 6.45) is 15.0. The molecule has 1 fully saturated rings. The quantitative estimate of drug-likeness (QED) is 0.0581. The highest BCUT2D eigenvalue weighted by Gasteiger charge is 2.46. The molecule has 0 aromatic heterocycles. The van der Waals surface area contributed by atoms with Gasteiger partial charge in [0, 0.05) is 22.3 Å². The van der Waals surface area contributed by atoms with Crippen LogP contribution in [-0.2, 0) is 22.9 Å². The zero-order valence-corrected chi connectivity index (χ0v) is 44.0. The minimum Gasteiger partial charge on any atom is -0.437 e. The van der Waals surface area contributed by atoms with Gasteiger partial charge in [-0.3, -0.25) is 4.79 Å². The molecular weight excluding hydrogens is 871 g/mol. The lowest BCUT2D eigenvalue weighted by atomic mass is 9.78.